The van der Waals surface area contributed by atoms with E-state index >= 15 is 0 Å². The highest BCUT2D eigenvalue weighted by Crippen LogP contribution is 2.29. The van der Waals surface area contributed by atoms with E-state index in [4.69, 9.17) is 5.26 Å². The zero-order chi connectivity index (χ0) is 20.0. The minimum atomic E-state index is -4.49. The normalized spacial score (nSPS) is 10.8. The second-order valence-electron chi connectivity index (χ2n) is 5.69. The van der Waals surface area contributed by atoms with Gasteiger partial charge in [-0.25, -0.2) is 9.97 Å². The highest BCUT2D eigenvalue weighted by atomic mass is 32.2. The van der Waals surface area contributed by atoms with Gasteiger partial charge in [-0.3, -0.25) is 4.79 Å². The topological polar surface area (TPSA) is 78.7 Å². The van der Waals surface area contributed by atoms with E-state index in [-0.39, 0.29) is 11.6 Å². The molecule has 0 aromatic carbocycles. The lowest BCUT2D eigenvalue weighted by Crippen LogP contribution is -2.16. The van der Waals surface area contributed by atoms with Crippen molar-refractivity contribution in [3.63, 3.8) is 0 Å². The number of alkyl halides is 3. The van der Waals surface area contributed by atoms with Gasteiger partial charge < -0.3 is 5.32 Å². The van der Waals surface area contributed by atoms with E-state index in [2.05, 4.69) is 15.3 Å². The van der Waals surface area contributed by atoms with Crippen LogP contribution in [0.5, 0.6) is 0 Å². The quantitative estimate of drug-likeness (QED) is 0.757. The summed E-state index contributed by atoms with van der Waals surface area (Å²) in [7, 11) is 0. The number of pyridine rings is 2. The number of aromatic nitrogens is 2. The summed E-state index contributed by atoms with van der Waals surface area (Å²) in [5.74, 6) is -0.520. The number of nitrogens with zero attached hydrogens (tertiary/aromatic N) is 3. The van der Waals surface area contributed by atoms with Crippen molar-refractivity contribution in [1.29, 1.82) is 5.26 Å². The van der Waals surface area contributed by atoms with Gasteiger partial charge in [-0.15, -0.1) is 0 Å². The number of halogens is 3. The Labute approximate surface area is 158 Å². The van der Waals surface area contributed by atoms with Crippen LogP contribution >= 0.6 is 11.8 Å². The molecule has 0 aliphatic heterocycles. The molecule has 0 radical (unpaired) electrons. The Morgan fingerprint density at radius 3 is 2.59 bits per heavy atom. The average molecular weight is 392 g/mol. The fourth-order valence-electron chi connectivity index (χ4n) is 1.97. The average Bonchev–Trinajstić information content (AvgIpc) is 2.59. The Morgan fingerprint density at radius 2 is 2.04 bits per heavy atom. The van der Waals surface area contributed by atoms with Crippen LogP contribution in [0.25, 0.3) is 6.08 Å². The summed E-state index contributed by atoms with van der Waals surface area (Å²) in [5.41, 5.74) is 1.15. The Morgan fingerprint density at radius 1 is 1.30 bits per heavy atom. The van der Waals surface area contributed by atoms with E-state index in [0.29, 0.717) is 22.5 Å². The SMILES string of the molecule is CC(C)=Cc1ccc(C#N)c(SCC(=O)Nc2ccc(C(F)(F)F)cn2)n1. The molecule has 0 bridgehead atoms. The van der Waals surface area contributed by atoms with E-state index in [0.717, 1.165) is 29.5 Å². The van der Waals surface area contributed by atoms with Crippen LogP contribution in [0.2, 0.25) is 0 Å². The van der Waals surface area contributed by atoms with E-state index in [9.17, 15) is 18.0 Å². The van der Waals surface area contributed by atoms with Gasteiger partial charge in [0.2, 0.25) is 5.91 Å². The van der Waals surface area contributed by atoms with E-state index < -0.39 is 17.6 Å². The van der Waals surface area contributed by atoms with Gasteiger partial charge in [-0.2, -0.15) is 18.4 Å². The summed E-state index contributed by atoms with van der Waals surface area (Å²) in [6.45, 7) is 3.83. The minimum Gasteiger partial charge on any atom is -0.310 e. The number of anilines is 1. The van der Waals surface area contributed by atoms with Gasteiger partial charge in [0.05, 0.1) is 22.6 Å². The zero-order valence-corrected chi connectivity index (χ0v) is 15.3. The first kappa shape index (κ1) is 20.5. The maximum absolute atomic E-state index is 12.5. The third-order valence-corrected chi connectivity index (χ3v) is 4.13. The molecule has 2 aromatic rings. The molecular formula is C18H15F3N4OS. The van der Waals surface area contributed by atoms with Crippen LogP contribution in [0, 0.1) is 11.3 Å². The molecule has 0 saturated heterocycles. The van der Waals surface area contributed by atoms with Crippen molar-refractivity contribution in [2.45, 2.75) is 25.0 Å². The van der Waals surface area contributed by atoms with E-state index in [1.807, 2.05) is 26.0 Å². The van der Waals surface area contributed by atoms with Crippen molar-refractivity contribution in [3.8, 4) is 6.07 Å². The number of hydrogen-bond acceptors (Lipinski definition) is 5. The zero-order valence-electron chi connectivity index (χ0n) is 14.5. The summed E-state index contributed by atoms with van der Waals surface area (Å²) in [6.07, 6.45) is -1.99. The molecule has 27 heavy (non-hydrogen) atoms. The van der Waals surface area contributed by atoms with E-state index in [1.165, 1.54) is 0 Å². The largest absolute Gasteiger partial charge is 0.417 e. The molecule has 0 aliphatic rings. The molecule has 0 atom stereocenters. The first-order chi connectivity index (χ1) is 12.7. The Hall–Kier alpha value is -2.86. The molecule has 0 unspecified atom stereocenters. The molecule has 1 amide bonds. The van der Waals surface area contributed by atoms with Gasteiger partial charge in [-0.05, 0) is 44.2 Å². The second-order valence-corrected chi connectivity index (χ2v) is 6.65. The Kier molecular flexibility index (Phi) is 6.58. The van der Waals surface area contributed by atoms with Gasteiger partial charge in [0.15, 0.2) is 0 Å². The first-order valence-corrected chi connectivity index (χ1v) is 8.69. The predicted octanol–water partition coefficient (Wildman–Crippen LogP) is 4.52. The Bertz CT molecular complexity index is 898. The number of allylic oxidation sites excluding steroid dienone is 1. The van der Waals surface area contributed by atoms with Crippen molar-refractivity contribution in [3.05, 3.63) is 52.9 Å². The van der Waals surface area contributed by atoms with Crippen LogP contribution < -0.4 is 5.32 Å². The lowest BCUT2D eigenvalue weighted by molar-refractivity contribution is -0.137. The van der Waals surface area contributed by atoms with E-state index in [1.54, 1.807) is 12.1 Å². The van der Waals surface area contributed by atoms with Gasteiger partial charge in [0, 0.05) is 6.20 Å². The number of nitrogens with one attached hydrogen (secondary N) is 1. The molecule has 0 fully saturated rings. The molecule has 1 N–H and O–H groups in total. The van der Waals surface area contributed by atoms with Crippen molar-refractivity contribution >= 4 is 29.6 Å². The molecule has 2 rings (SSSR count). The smallest absolute Gasteiger partial charge is 0.310 e. The van der Waals surface area contributed by atoms with Gasteiger partial charge in [0.25, 0.3) is 0 Å². The van der Waals surface area contributed by atoms with Gasteiger partial charge in [0.1, 0.15) is 16.9 Å². The molecule has 0 spiro atoms. The molecule has 5 nitrogen and oxygen atoms in total. The Balaban J connectivity index is 2.03. The highest BCUT2D eigenvalue weighted by molar-refractivity contribution is 8.00. The number of amides is 1. The second kappa shape index (κ2) is 8.68. The molecule has 9 heteroatoms. The number of carbonyl (C=O) groups is 1. The number of nitriles is 1. The number of thioether (sulfide) groups is 1. The molecule has 0 aliphatic carbocycles. The fraction of sp³-hybridized carbons (Fsp3) is 0.222. The number of rotatable bonds is 5. The molecule has 0 saturated carbocycles. The molecule has 2 aromatic heterocycles. The predicted molar refractivity (Wildman–Crippen MR) is 96.9 cm³/mol. The third-order valence-electron chi connectivity index (χ3n) is 3.14. The van der Waals surface area contributed by atoms with Crippen molar-refractivity contribution in [2.75, 3.05) is 11.1 Å². The lowest BCUT2D eigenvalue weighted by Gasteiger charge is -2.08. The summed E-state index contributed by atoms with van der Waals surface area (Å²) < 4.78 is 37.5. The maximum atomic E-state index is 12.5. The fourth-order valence-corrected chi connectivity index (χ4v) is 2.75. The lowest BCUT2D eigenvalue weighted by atomic mass is 10.2. The first-order valence-electron chi connectivity index (χ1n) is 7.71. The molecular weight excluding hydrogens is 377 g/mol. The summed E-state index contributed by atoms with van der Waals surface area (Å²) in [4.78, 5) is 19.9. The summed E-state index contributed by atoms with van der Waals surface area (Å²) in [6, 6.07) is 7.27. The molecule has 2 heterocycles. The van der Waals surface area contributed by atoms with Crippen molar-refractivity contribution in [1.82, 2.24) is 9.97 Å². The van der Waals surface area contributed by atoms with Gasteiger partial charge >= 0.3 is 6.18 Å². The summed E-state index contributed by atoms with van der Waals surface area (Å²) >= 11 is 1.06. The van der Waals surface area contributed by atoms with Crippen LogP contribution in [-0.2, 0) is 11.0 Å². The number of hydrogen-bond donors (Lipinski definition) is 1. The standard InChI is InChI=1S/C18H15F3N4OS/c1-11(2)7-14-5-3-12(8-22)17(24-14)27-10-16(26)25-15-6-4-13(9-23-15)18(19,20)21/h3-7,9H,10H2,1-2H3,(H,23,25,26). The van der Waals surface area contributed by atoms with Gasteiger partial charge in [-0.1, -0.05) is 17.3 Å². The van der Waals surface area contributed by atoms with Crippen molar-refractivity contribution in [2.24, 2.45) is 0 Å². The minimum absolute atomic E-state index is 0.0142. The third kappa shape index (κ3) is 6.11. The van der Waals surface area contributed by atoms with Crippen molar-refractivity contribution < 1.29 is 18.0 Å². The van der Waals surface area contributed by atoms with Crippen LogP contribution in [-0.4, -0.2) is 21.6 Å². The van der Waals surface area contributed by atoms with Crippen LogP contribution in [0.4, 0.5) is 19.0 Å². The number of carbonyl (C=O) groups excluding carboxylic acids is 1. The van der Waals surface area contributed by atoms with Crippen LogP contribution in [0.3, 0.4) is 0 Å². The summed E-state index contributed by atoms with van der Waals surface area (Å²) in [5, 5.41) is 12.0. The van der Waals surface area contributed by atoms with Crippen LogP contribution in [0.15, 0.2) is 41.1 Å². The highest BCUT2D eigenvalue weighted by Gasteiger charge is 2.30. The van der Waals surface area contributed by atoms with Crippen LogP contribution in [0.1, 0.15) is 30.7 Å². The monoisotopic (exact) mass is 392 g/mol. The molecule has 140 valence electrons. The maximum Gasteiger partial charge on any atom is 0.417 e.